The van der Waals surface area contributed by atoms with Crippen LogP contribution in [0, 0.1) is 0 Å². The summed E-state index contributed by atoms with van der Waals surface area (Å²) in [4.78, 5) is 0.649. The molecule has 0 fully saturated rings. The molecule has 2 rings (SSSR count). The topological polar surface area (TPSA) is 0 Å². The molecule has 2 aromatic rings. The first kappa shape index (κ1) is 11.3. The van der Waals surface area contributed by atoms with Crippen molar-refractivity contribution in [2.45, 2.75) is 11.1 Å². The van der Waals surface area contributed by atoms with Crippen molar-refractivity contribution in [2.24, 2.45) is 0 Å². The molecule has 0 aliphatic carbocycles. The van der Waals surface area contributed by atoms with Crippen molar-refractivity contribution < 1.29 is 13.2 Å². The molecule has 0 spiro atoms. The third-order valence-corrected chi connectivity index (χ3v) is 3.18. The lowest BCUT2D eigenvalue weighted by atomic mass is 10.1. The largest absolute Gasteiger partial charge is 0.398 e. The van der Waals surface area contributed by atoms with E-state index >= 15 is 0 Å². The van der Waals surface area contributed by atoms with Crippen LogP contribution in [0.15, 0.2) is 47.4 Å². The van der Waals surface area contributed by atoms with Crippen LogP contribution in [0.25, 0.3) is 10.8 Å². The van der Waals surface area contributed by atoms with Gasteiger partial charge in [0.2, 0.25) is 0 Å². The first-order valence-electron chi connectivity index (χ1n) is 4.73. The Balaban J connectivity index is 2.20. The highest BCUT2D eigenvalue weighted by molar-refractivity contribution is 7.99. The van der Waals surface area contributed by atoms with Crippen molar-refractivity contribution in [1.82, 2.24) is 0 Å². The van der Waals surface area contributed by atoms with Gasteiger partial charge in [-0.15, -0.1) is 11.8 Å². The van der Waals surface area contributed by atoms with Gasteiger partial charge in [-0.25, -0.2) is 0 Å². The molecule has 16 heavy (non-hydrogen) atoms. The first-order valence-corrected chi connectivity index (χ1v) is 5.71. The molecule has 0 aromatic heterocycles. The maximum atomic E-state index is 12.0. The molecule has 0 unspecified atom stereocenters. The van der Waals surface area contributed by atoms with Crippen LogP contribution in [0.1, 0.15) is 0 Å². The summed E-state index contributed by atoms with van der Waals surface area (Å²) < 4.78 is 36.1. The zero-order chi connectivity index (χ0) is 11.6. The molecule has 84 valence electrons. The van der Waals surface area contributed by atoms with Gasteiger partial charge in [0.05, 0.1) is 5.75 Å². The minimum absolute atomic E-state index is 0.649. The molecule has 0 saturated carbocycles. The summed E-state index contributed by atoms with van der Waals surface area (Å²) in [5.74, 6) is -0.842. The minimum atomic E-state index is -4.11. The Morgan fingerprint density at radius 1 is 0.938 bits per heavy atom. The lowest BCUT2D eigenvalue weighted by Gasteiger charge is -2.06. The van der Waals surface area contributed by atoms with Crippen molar-refractivity contribution in [3.05, 3.63) is 42.5 Å². The highest BCUT2D eigenvalue weighted by Gasteiger charge is 2.27. The van der Waals surface area contributed by atoms with E-state index in [0.29, 0.717) is 4.90 Å². The molecular weight excluding hydrogens is 233 g/mol. The second-order valence-electron chi connectivity index (χ2n) is 3.41. The predicted octanol–water partition coefficient (Wildman–Crippen LogP) is 4.49. The van der Waals surface area contributed by atoms with Gasteiger partial charge >= 0.3 is 6.18 Å². The number of alkyl halides is 3. The third kappa shape index (κ3) is 2.92. The quantitative estimate of drug-likeness (QED) is 0.699. The summed E-state index contributed by atoms with van der Waals surface area (Å²) in [6.07, 6.45) is -4.11. The maximum Gasteiger partial charge on any atom is 0.398 e. The molecule has 0 bridgehead atoms. The van der Waals surface area contributed by atoms with Crippen LogP contribution in [0.3, 0.4) is 0 Å². The van der Waals surface area contributed by atoms with E-state index in [9.17, 15) is 13.2 Å². The van der Waals surface area contributed by atoms with Crippen molar-refractivity contribution in [3.8, 4) is 0 Å². The summed E-state index contributed by atoms with van der Waals surface area (Å²) in [5, 5.41) is 2.01. The van der Waals surface area contributed by atoms with Gasteiger partial charge in [0.1, 0.15) is 0 Å². The second-order valence-corrected chi connectivity index (χ2v) is 4.46. The fourth-order valence-corrected chi connectivity index (χ4v) is 2.13. The molecule has 2 aromatic carbocycles. The average Bonchev–Trinajstić information content (AvgIpc) is 2.25. The van der Waals surface area contributed by atoms with Crippen molar-refractivity contribution in [1.29, 1.82) is 0 Å². The monoisotopic (exact) mass is 242 g/mol. The lowest BCUT2D eigenvalue weighted by Crippen LogP contribution is -2.10. The van der Waals surface area contributed by atoms with Crippen LogP contribution in [0.2, 0.25) is 0 Å². The normalized spacial score (nSPS) is 11.9. The molecule has 4 heteroatoms. The fourth-order valence-electron chi connectivity index (χ4n) is 1.42. The number of halogens is 3. The average molecular weight is 242 g/mol. The number of benzene rings is 2. The second kappa shape index (κ2) is 4.37. The van der Waals surface area contributed by atoms with Crippen LogP contribution in [-0.4, -0.2) is 11.9 Å². The van der Waals surface area contributed by atoms with Gasteiger partial charge in [-0.05, 0) is 22.9 Å². The van der Waals surface area contributed by atoms with Crippen LogP contribution in [0.4, 0.5) is 13.2 Å². The standard InChI is InChI=1S/C12H9F3S/c13-12(14,15)8-16-11-6-5-9-3-1-2-4-10(9)7-11/h1-7H,8H2. The zero-order valence-electron chi connectivity index (χ0n) is 8.29. The van der Waals surface area contributed by atoms with E-state index in [1.54, 1.807) is 12.1 Å². The predicted molar refractivity (Wildman–Crippen MR) is 60.7 cm³/mol. The van der Waals surface area contributed by atoms with Crippen LogP contribution in [-0.2, 0) is 0 Å². The summed E-state index contributed by atoms with van der Waals surface area (Å²) >= 11 is 0.817. The Bertz CT molecular complexity index is 491. The molecule has 0 amide bonds. The van der Waals surface area contributed by atoms with Gasteiger partial charge in [0.15, 0.2) is 0 Å². The van der Waals surface area contributed by atoms with E-state index in [-0.39, 0.29) is 0 Å². The number of rotatable bonds is 2. The van der Waals surface area contributed by atoms with E-state index in [4.69, 9.17) is 0 Å². The molecule has 0 atom stereocenters. The van der Waals surface area contributed by atoms with E-state index in [1.165, 1.54) is 0 Å². The molecule has 0 N–H and O–H groups in total. The van der Waals surface area contributed by atoms with Gasteiger partial charge < -0.3 is 0 Å². The van der Waals surface area contributed by atoms with Crippen molar-refractivity contribution in [2.75, 3.05) is 5.75 Å². The van der Waals surface area contributed by atoms with E-state index in [1.807, 2.05) is 30.3 Å². The Labute approximate surface area is 95.5 Å². The Hall–Kier alpha value is -1.16. The maximum absolute atomic E-state index is 12.0. The van der Waals surface area contributed by atoms with E-state index in [2.05, 4.69) is 0 Å². The van der Waals surface area contributed by atoms with Crippen LogP contribution >= 0.6 is 11.8 Å². The van der Waals surface area contributed by atoms with Gasteiger partial charge in [-0.1, -0.05) is 30.3 Å². The molecule has 0 aliphatic heterocycles. The van der Waals surface area contributed by atoms with Crippen molar-refractivity contribution in [3.63, 3.8) is 0 Å². The number of hydrogen-bond acceptors (Lipinski definition) is 1. The number of thioether (sulfide) groups is 1. The summed E-state index contributed by atoms with van der Waals surface area (Å²) in [7, 11) is 0. The minimum Gasteiger partial charge on any atom is -0.170 e. The Kier molecular flexibility index (Phi) is 3.10. The van der Waals surface area contributed by atoms with Gasteiger partial charge in [-0.3, -0.25) is 0 Å². The summed E-state index contributed by atoms with van der Waals surface area (Å²) in [6.45, 7) is 0. The summed E-state index contributed by atoms with van der Waals surface area (Å²) in [6, 6.07) is 13.0. The SMILES string of the molecule is FC(F)(F)CSc1ccc2ccccc2c1. The third-order valence-electron chi connectivity index (χ3n) is 2.12. The van der Waals surface area contributed by atoms with E-state index in [0.717, 1.165) is 22.5 Å². The lowest BCUT2D eigenvalue weighted by molar-refractivity contribution is -0.105. The Morgan fingerprint density at radius 3 is 2.31 bits per heavy atom. The fraction of sp³-hybridized carbons (Fsp3) is 0.167. The number of hydrogen-bond donors (Lipinski definition) is 0. The van der Waals surface area contributed by atoms with Crippen LogP contribution < -0.4 is 0 Å². The molecule has 0 aliphatic rings. The Morgan fingerprint density at radius 2 is 1.62 bits per heavy atom. The van der Waals surface area contributed by atoms with E-state index < -0.39 is 11.9 Å². The summed E-state index contributed by atoms with van der Waals surface area (Å²) in [5.41, 5.74) is 0. The first-order chi connectivity index (χ1) is 7.54. The van der Waals surface area contributed by atoms with Crippen LogP contribution in [0.5, 0.6) is 0 Å². The highest BCUT2D eigenvalue weighted by atomic mass is 32.2. The highest BCUT2D eigenvalue weighted by Crippen LogP contribution is 2.29. The molecule has 0 radical (unpaired) electrons. The molecule has 0 saturated heterocycles. The molecule has 0 heterocycles. The number of fused-ring (bicyclic) bond motifs is 1. The van der Waals surface area contributed by atoms with Gasteiger partial charge in [0.25, 0.3) is 0 Å². The smallest absolute Gasteiger partial charge is 0.170 e. The zero-order valence-corrected chi connectivity index (χ0v) is 9.11. The molecule has 0 nitrogen and oxygen atoms in total. The van der Waals surface area contributed by atoms with Gasteiger partial charge in [-0.2, -0.15) is 13.2 Å². The molecular formula is C12H9F3S. The van der Waals surface area contributed by atoms with Gasteiger partial charge in [0, 0.05) is 4.90 Å². The van der Waals surface area contributed by atoms with Crippen molar-refractivity contribution >= 4 is 22.5 Å².